The molecule has 0 bridgehead atoms. The van der Waals surface area contributed by atoms with Gasteiger partial charge < -0.3 is 4.74 Å². The Labute approximate surface area is 106 Å². The van der Waals surface area contributed by atoms with Crippen LogP contribution < -0.4 is 0 Å². The van der Waals surface area contributed by atoms with Crippen LogP contribution >= 0.6 is 0 Å². The highest BCUT2D eigenvalue weighted by molar-refractivity contribution is 5.03. The van der Waals surface area contributed by atoms with Gasteiger partial charge in [0.15, 0.2) is 0 Å². The molecule has 0 aromatic carbocycles. The molecular formula is C7HF13O. The third-order valence-electron chi connectivity index (χ3n) is 1.82. The molecule has 0 amide bonds. The van der Waals surface area contributed by atoms with Crippen molar-refractivity contribution < 1.29 is 61.8 Å². The topological polar surface area (TPSA) is 9.23 Å². The predicted molar refractivity (Wildman–Crippen MR) is 37.2 cm³/mol. The Bertz CT molecular complexity index is 407. The van der Waals surface area contributed by atoms with E-state index in [1.807, 2.05) is 4.74 Å². The molecule has 14 heteroatoms. The summed E-state index contributed by atoms with van der Waals surface area (Å²) in [6, 6.07) is -3.78. The molecule has 126 valence electrons. The van der Waals surface area contributed by atoms with Gasteiger partial charge in [-0.3, -0.25) is 0 Å². The zero-order chi connectivity index (χ0) is 17.4. The van der Waals surface area contributed by atoms with Gasteiger partial charge in [0.1, 0.15) is 0 Å². The molecule has 0 fully saturated rings. The minimum atomic E-state index is -7.45. The summed E-state index contributed by atoms with van der Waals surface area (Å²) in [5.74, 6) is -21.9. The van der Waals surface area contributed by atoms with Crippen molar-refractivity contribution in [2.75, 3.05) is 0 Å². The van der Waals surface area contributed by atoms with Crippen LogP contribution in [0.2, 0.25) is 0 Å². The molecule has 0 rings (SSSR count). The van der Waals surface area contributed by atoms with Crippen LogP contribution in [0.3, 0.4) is 0 Å². The molecule has 0 spiro atoms. The Balaban J connectivity index is 5.79. The quantitative estimate of drug-likeness (QED) is 0.495. The van der Waals surface area contributed by atoms with E-state index in [1.54, 1.807) is 0 Å². The van der Waals surface area contributed by atoms with Gasteiger partial charge in [0.05, 0.1) is 0 Å². The Morgan fingerprint density at radius 2 is 1.10 bits per heavy atom. The molecular weight excluding hydrogens is 347 g/mol. The highest BCUT2D eigenvalue weighted by Crippen LogP contribution is 2.55. The molecule has 1 nitrogen and oxygen atoms in total. The van der Waals surface area contributed by atoms with Crippen molar-refractivity contribution in [1.82, 2.24) is 0 Å². The first-order valence-corrected chi connectivity index (χ1v) is 4.21. The molecule has 0 saturated heterocycles. The molecule has 0 atom stereocenters. The van der Waals surface area contributed by atoms with Crippen molar-refractivity contribution >= 4 is 0 Å². The first-order valence-electron chi connectivity index (χ1n) is 4.21. The second-order valence-electron chi connectivity index (χ2n) is 3.23. The lowest BCUT2D eigenvalue weighted by molar-refractivity contribution is -0.432. The van der Waals surface area contributed by atoms with Gasteiger partial charge >= 0.3 is 42.4 Å². The molecule has 0 aliphatic heterocycles. The summed E-state index contributed by atoms with van der Waals surface area (Å²) in [4.78, 5) is 0. The van der Waals surface area contributed by atoms with Crippen molar-refractivity contribution in [3.05, 3.63) is 12.1 Å². The van der Waals surface area contributed by atoms with Crippen LogP contribution in [0, 0.1) is 0 Å². The molecule has 0 heterocycles. The van der Waals surface area contributed by atoms with Crippen LogP contribution in [0.5, 0.6) is 0 Å². The smallest absolute Gasteiger partial charge is 0.397 e. The van der Waals surface area contributed by atoms with E-state index in [-0.39, 0.29) is 0 Å². The Kier molecular flexibility index (Phi) is 5.08. The molecule has 0 N–H and O–H groups in total. The second-order valence-corrected chi connectivity index (χ2v) is 3.23. The minimum absolute atomic E-state index is 1.85. The third kappa shape index (κ3) is 3.12. The lowest BCUT2D eigenvalue weighted by Gasteiger charge is -2.35. The molecule has 0 aliphatic rings. The number of rotatable bonds is 6. The first kappa shape index (κ1) is 19.6. The Morgan fingerprint density at radius 1 is 0.714 bits per heavy atom. The monoisotopic (exact) mass is 348 g/mol. The van der Waals surface area contributed by atoms with Gasteiger partial charge in [-0.15, -0.1) is 0 Å². The number of halogens is 13. The first-order chi connectivity index (χ1) is 9.02. The maximum absolute atomic E-state index is 12.6. The Morgan fingerprint density at radius 3 is 1.38 bits per heavy atom. The minimum Gasteiger partial charge on any atom is -0.397 e. The molecule has 0 aromatic heterocycles. The summed E-state index contributed by atoms with van der Waals surface area (Å²) in [7, 11) is 0. The molecule has 0 aromatic rings. The average molecular weight is 348 g/mol. The molecule has 0 aliphatic carbocycles. The average Bonchev–Trinajstić information content (AvgIpc) is 2.26. The summed E-state index contributed by atoms with van der Waals surface area (Å²) >= 11 is 0. The molecule has 21 heavy (non-hydrogen) atoms. The highest BCUT2D eigenvalue weighted by Gasteiger charge is 2.84. The number of hydrogen-bond donors (Lipinski definition) is 0. The van der Waals surface area contributed by atoms with Crippen molar-refractivity contribution in [1.29, 1.82) is 0 Å². The van der Waals surface area contributed by atoms with Crippen LogP contribution in [-0.4, -0.2) is 30.3 Å². The van der Waals surface area contributed by atoms with E-state index in [1.165, 1.54) is 0 Å². The fourth-order valence-electron chi connectivity index (χ4n) is 0.744. The van der Waals surface area contributed by atoms with E-state index < -0.39 is 42.4 Å². The zero-order valence-corrected chi connectivity index (χ0v) is 8.90. The number of hydrogen-bond acceptors (Lipinski definition) is 1. The van der Waals surface area contributed by atoms with E-state index in [0.717, 1.165) is 0 Å². The van der Waals surface area contributed by atoms with E-state index in [2.05, 4.69) is 0 Å². The normalized spacial score (nSPS) is 14.4. The van der Waals surface area contributed by atoms with E-state index in [0.29, 0.717) is 0 Å². The summed E-state index contributed by atoms with van der Waals surface area (Å²) in [5, 5.41) is 0. The van der Waals surface area contributed by atoms with E-state index in [4.69, 9.17) is 0 Å². The summed E-state index contributed by atoms with van der Waals surface area (Å²) < 4.78 is 159. The van der Waals surface area contributed by atoms with Crippen LogP contribution in [-0.2, 0) is 4.74 Å². The lowest BCUT2D eigenvalue weighted by atomic mass is 10.0. The van der Waals surface area contributed by atoms with Crippen molar-refractivity contribution in [3.8, 4) is 0 Å². The molecule has 0 unspecified atom stereocenters. The Hall–Kier alpha value is -1.37. The van der Waals surface area contributed by atoms with Gasteiger partial charge in [-0.25, -0.2) is 8.78 Å². The number of ether oxygens (including phenoxy) is 1. The summed E-state index contributed by atoms with van der Waals surface area (Å²) in [6.07, 6.45) is -16.3. The van der Waals surface area contributed by atoms with Crippen LogP contribution in [0.15, 0.2) is 12.1 Å². The molecule has 0 radical (unpaired) electrons. The van der Waals surface area contributed by atoms with E-state index in [9.17, 15) is 57.1 Å². The third-order valence-corrected chi connectivity index (χ3v) is 1.82. The SMILES string of the molecule is FC(F)=C(F)OC(F)(F)C(F)(F)C(F)(F)C(F)(F)C(F)F. The maximum atomic E-state index is 12.6. The second kappa shape index (κ2) is 5.44. The fraction of sp³-hybridized carbons (Fsp3) is 0.714. The molecule has 0 saturated carbocycles. The highest BCUT2D eigenvalue weighted by atomic mass is 19.4. The predicted octanol–water partition coefficient (Wildman–Crippen LogP) is 4.80. The van der Waals surface area contributed by atoms with Crippen LogP contribution in [0.4, 0.5) is 57.1 Å². The summed E-state index contributed by atoms with van der Waals surface area (Å²) in [5.41, 5.74) is 0. The zero-order valence-electron chi connectivity index (χ0n) is 8.90. The van der Waals surface area contributed by atoms with Crippen molar-refractivity contribution in [3.63, 3.8) is 0 Å². The van der Waals surface area contributed by atoms with Gasteiger partial charge in [-0.05, 0) is 0 Å². The lowest BCUT2D eigenvalue weighted by Crippen LogP contribution is -2.64. The van der Waals surface area contributed by atoms with Gasteiger partial charge in [0.2, 0.25) is 0 Å². The van der Waals surface area contributed by atoms with Crippen molar-refractivity contribution in [2.45, 2.75) is 30.3 Å². The van der Waals surface area contributed by atoms with E-state index >= 15 is 0 Å². The summed E-state index contributed by atoms with van der Waals surface area (Å²) in [6.45, 7) is 0. The van der Waals surface area contributed by atoms with Gasteiger partial charge in [0, 0.05) is 0 Å². The van der Waals surface area contributed by atoms with Crippen molar-refractivity contribution in [2.24, 2.45) is 0 Å². The standard InChI is InChI=1S/C7HF13O/c8-1(9)2(10)21-7(19,20)6(17,18)5(15,16)4(13,14)3(11)12/h3H. The van der Waals surface area contributed by atoms with Gasteiger partial charge in [-0.1, -0.05) is 0 Å². The van der Waals surface area contributed by atoms with Gasteiger partial charge in [0.25, 0.3) is 0 Å². The largest absolute Gasteiger partial charge is 0.472 e. The van der Waals surface area contributed by atoms with Crippen LogP contribution in [0.25, 0.3) is 0 Å². The number of alkyl halides is 10. The van der Waals surface area contributed by atoms with Gasteiger partial charge in [-0.2, -0.15) is 48.3 Å². The fourth-order valence-corrected chi connectivity index (χ4v) is 0.744. The van der Waals surface area contributed by atoms with Crippen LogP contribution in [0.1, 0.15) is 0 Å². The maximum Gasteiger partial charge on any atom is 0.472 e.